The van der Waals surface area contributed by atoms with Crippen molar-refractivity contribution in [1.82, 2.24) is 0 Å². The van der Waals surface area contributed by atoms with Crippen molar-refractivity contribution in [2.24, 2.45) is 0 Å². The minimum Gasteiger partial charge on any atom is -0.493 e. The van der Waals surface area contributed by atoms with Gasteiger partial charge in [-0.15, -0.1) is 0 Å². The maximum atomic E-state index is 13.6. The smallest absolute Gasteiger partial charge is 0.282 e. The molecule has 168 valence electrons. The number of nitrogens with zero attached hydrogens (tertiary/aromatic N) is 1. The summed E-state index contributed by atoms with van der Waals surface area (Å²) in [4.78, 5) is 28.4. The van der Waals surface area contributed by atoms with E-state index in [1.165, 1.54) is 12.0 Å². The summed E-state index contributed by atoms with van der Waals surface area (Å²) in [5, 5.41) is 3.25. The maximum Gasteiger partial charge on any atom is 0.282 e. The number of aryl methyl sites for hydroxylation is 2. The monoisotopic (exact) mass is 442 g/mol. The van der Waals surface area contributed by atoms with Gasteiger partial charge >= 0.3 is 0 Å². The predicted molar refractivity (Wildman–Crippen MR) is 130 cm³/mol. The van der Waals surface area contributed by atoms with Gasteiger partial charge in [0.15, 0.2) is 11.5 Å². The van der Waals surface area contributed by atoms with E-state index in [0.717, 1.165) is 22.4 Å². The molecule has 0 aromatic heterocycles. The fraction of sp³-hybridized carbons (Fsp3) is 0.185. The third kappa shape index (κ3) is 3.96. The van der Waals surface area contributed by atoms with Crippen molar-refractivity contribution in [3.8, 4) is 11.5 Å². The van der Waals surface area contributed by atoms with Gasteiger partial charge in [0.25, 0.3) is 11.8 Å². The number of carbonyl (C=O) groups excluding carboxylic acids is 2. The second-order valence-electron chi connectivity index (χ2n) is 7.97. The Morgan fingerprint density at radius 2 is 1.48 bits per heavy atom. The molecule has 0 bridgehead atoms. The molecule has 1 aliphatic rings. The van der Waals surface area contributed by atoms with E-state index in [9.17, 15) is 9.59 Å². The molecular weight excluding hydrogens is 416 g/mol. The standard InChI is InChI=1S/C27H26N2O4/c1-16-9-12-20(13-10-16)29-26(30)24(19-11-14-22(32-4)23(15-19)33-5)25(27(29)31)28-21-8-6-7-17(2)18(21)3/h6-15,28H,1-5H3. The van der Waals surface area contributed by atoms with Crippen LogP contribution in [0.2, 0.25) is 0 Å². The second-order valence-corrected chi connectivity index (χ2v) is 7.97. The van der Waals surface area contributed by atoms with E-state index in [1.54, 1.807) is 37.4 Å². The number of imide groups is 1. The molecule has 3 aromatic rings. The number of ether oxygens (including phenoxy) is 2. The van der Waals surface area contributed by atoms with E-state index in [-0.39, 0.29) is 11.3 Å². The topological polar surface area (TPSA) is 67.9 Å². The third-order valence-electron chi connectivity index (χ3n) is 5.91. The number of carbonyl (C=O) groups is 2. The summed E-state index contributed by atoms with van der Waals surface area (Å²) < 4.78 is 10.8. The Hall–Kier alpha value is -4.06. The van der Waals surface area contributed by atoms with Gasteiger partial charge in [0.05, 0.1) is 25.5 Å². The normalized spacial score (nSPS) is 13.5. The number of methoxy groups -OCH3 is 2. The summed E-state index contributed by atoms with van der Waals surface area (Å²) in [6, 6.07) is 18.3. The lowest BCUT2D eigenvalue weighted by atomic mass is 10.0. The van der Waals surface area contributed by atoms with Gasteiger partial charge in [-0.3, -0.25) is 9.59 Å². The van der Waals surface area contributed by atoms with E-state index >= 15 is 0 Å². The van der Waals surface area contributed by atoms with Crippen LogP contribution in [-0.4, -0.2) is 26.0 Å². The van der Waals surface area contributed by atoms with E-state index < -0.39 is 11.8 Å². The van der Waals surface area contributed by atoms with Crippen LogP contribution in [-0.2, 0) is 9.59 Å². The summed E-state index contributed by atoms with van der Waals surface area (Å²) in [5.41, 5.74) is 5.49. The SMILES string of the molecule is COc1ccc(C2=C(Nc3cccc(C)c3C)C(=O)N(c3ccc(C)cc3)C2=O)cc1OC. The summed E-state index contributed by atoms with van der Waals surface area (Å²) >= 11 is 0. The molecule has 0 fully saturated rings. The number of rotatable bonds is 6. The molecule has 2 amide bonds. The largest absolute Gasteiger partial charge is 0.493 e. The van der Waals surface area contributed by atoms with Crippen LogP contribution in [0.4, 0.5) is 11.4 Å². The molecule has 0 saturated heterocycles. The van der Waals surface area contributed by atoms with Gasteiger partial charge in [0.2, 0.25) is 0 Å². The predicted octanol–water partition coefficient (Wildman–Crippen LogP) is 5.03. The van der Waals surface area contributed by atoms with E-state index in [4.69, 9.17) is 9.47 Å². The Balaban J connectivity index is 1.87. The van der Waals surface area contributed by atoms with Crippen molar-refractivity contribution in [1.29, 1.82) is 0 Å². The Labute approximate surface area is 193 Å². The van der Waals surface area contributed by atoms with Gasteiger partial charge < -0.3 is 14.8 Å². The zero-order valence-corrected chi connectivity index (χ0v) is 19.4. The highest BCUT2D eigenvalue weighted by Crippen LogP contribution is 2.37. The number of benzene rings is 3. The Morgan fingerprint density at radius 1 is 0.788 bits per heavy atom. The first-order valence-corrected chi connectivity index (χ1v) is 10.6. The van der Waals surface area contributed by atoms with Crippen LogP contribution in [0.3, 0.4) is 0 Å². The van der Waals surface area contributed by atoms with E-state index in [0.29, 0.717) is 22.7 Å². The van der Waals surface area contributed by atoms with Crippen LogP contribution in [0.15, 0.2) is 66.4 Å². The molecule has 0 aliphatic carbocycles. The van der Waals surface area contributed by atoms with Crippen molar-refractivity contribution in [3.63, 3.8) is 0 Å². The molecule has 0 spiro atoms. The average molecular weight is 443 g/mol. The Bertz CT molecular complexity index is 1280. The second kappa shape index (κ2) is 8.82. The quantitative estimate of drug-likeness (QED) is 0.543. The summed E-state index contributed by atoms with van der Waals surface area (Å²) in [5.74, 6) is 0.207. The highest BCUT2D eigenvalue weighted by atomic mass is 16.5. The van der Waals surface area contributed by atoms with E-state index in [1.807, 2.05) is 51.1 Å². The molecule has 4 rings (SSSR count). The lowest BCUT2D eigenvalue weighted by Crippen LogP contribution is -2.32. The minimum absolute atomic E-state index is 0.224. The maximum absolute atomic E-state index is 13.6. The molecule has 1 aliphatic heterocycles. The lowest BCUT2D eigenvalue weighted by molar-refractivity contribution is -0.120. The molecule has 3 aromatic carbocycles. The fourth-order valence-electron chi connectivity index (χ4n) is 3.85. The summed E-state index contributed by atoms with van der Waals surface area (Å²) in [6.45, 7) is 5.94. The van der Waals surface area contributed by atoms with Gasteiger partial charge in [-0.2, -0.15) is 0 Å². The lowest BCUT2D eigenvalue weighted by Gasteiger charge is -2.16. The van der Waals surface area contributed by atoms with E-state index in [2.05, 4.69) is 5.32 Å². The molecule has 6 nitrogen and oxygen atoms in total. The van der Waals surface area contributed by atoms with Crippen molar-refractivity contribution in [2.45, 2.75) is 20.8 Å². The van der Waals surface area contributed by atoms with Crippen LogP contribution in [0.5, 0.6) is 11.5 Å². The first-order valence-electron chi connectivity index (χ1n) is 10.6. The minimum atomic E-state index is -0.408. The van der Waals surface area contributed by atoms with Crippen molar-refractivity contribution in [3.05, 3.63) is 88.6 Å². The molecular formula is C27H26N2O4. The number of amides is 2. The molecule has 0 unspecified atom stereocenters. The first kappa shape index (κ1) is 22.1. The number of anilines is 2. The van der Waals surface area contributed by atoms with Gasteiger partial charge in [0, 0.05) is 5.69 Å². The molecule has 0 saturated carbocycles. The van der Waals surface area contributed by atoms with Gasteiger partial charge in [-0.25, -0.2) is 4.90 Å². The molecule has 1 N–H and O–H groups in total. The number of hydrogen-bond acceptors (Lipinski definition) is 5. The van der Waals surface area contributed by atoms with Crippen molar-refractivity contribution in [2.75, 3.05) is 24.4 Å². The van der Waals surface area contributed by atoms with Crippen LogP contribution < -0.4 is 19.7 Å². The molecule has 33 heavy (non-hydrogen) atoms. The first-order chi connectivity index (χ1) is 15.8. The molecule has 0 atom stereocenters. The fourth-order valence-corrected chi connectivity index (χ4v) is 3.85. The molecule has 6 heteroatoms. The molecule has 0 radical (unpaired) electrons. The van der Waals surface area contributed by atoms with Gasteiger partial charge in [0.1, 0.15) is 5.70 Å². The summed E-state index contributed by atoms with van der Waals surface area (Å²) in [6.07, 6.45) is 0. The van der Waals surface area contributed by atoms with Crippen molar-refractivity contribution < 1.29 is 19.1 Å². The van der Waals surface area contributed by atoms with Gasteiger partial charge in [-0.05, 0) is 67.8 Å². The van der Waals surface area contributed by atoms with Crippen LogP contribution in [0.1, 0.15) is 22.3 Å². The van der Waals surface area contributed by atoms with Crippen LogP contribution in [0, 0.1) is 20.8 Å². The van der Waals surface area contributed by atoms with Gasteiger partial charge in [-0.1, -0.05) is 35.9 Å². The third-order valence-corrected chi connectivity index (χ3v) is 5.91. The Morgan fingerprint density at radius 3 is 2.15 bits per heavy atom. The highest BCUT2D eigenvalue weighted by molar-refractivity contribution is 6.46. The number of nitrogens with one attached hydrogen (secondary N) is 1. The average Bonchev–Trinajstić information content (AvgIpc) is 3.06. The zero-order valence-electron chi connectivity index (χ0n) is 19.4. The van der Waals surface area contributed by atoms with Crippen molar-refractivity contribution >= 4 is 28.8 Å². The summed E-state index contributed by atoms with van der Waals surface area (Å²) in [7, 11) is 3.08. The Kier molecular flexibility index (Phi) is 5.92. The highest BCUT2D eigenvalue weighted by Gasteiger charge is 2.40. The number of hydrogen-bond donors (Lipinski definition) is 1. The molecule has 1 heterocycles. The van der Waals surface area contributed by atoms with Crippen LogP contribution >= 0.6 is 0 Å². The zero-order chi connectivity index (χ0) is 23.7. The van der Waals surface area contributed by atoms with Crippen LogP contribution in [0.25, 0.3) is 5.57 Å².